The van der Waals surface area contributed by atoms with Gasteiger partial charge in [-0.1, -0.05) is 29.4 Å². The van der Waals surface area contributed by atoms with Crippen molar-refractivity contribution in [2.75, 3.05) is 18.0 Å². The third-order valence-corrected chi connectivity index (χ3v) is 3.75. The molecule has 0 radical (unpaired) electrons. The van der Waals surface area contributed by atoms with Gasteiger partial charge >= 0.3 is 0 Å². The minimum absolute atomic E-state index is 0.0140. The molecule has 21 heavy (non-hydrogen) atoms. The molecule has 1 aromatic carbocycles. The number of fused-ring (bicyclic) bond motifs is 1. The smallest absolute Gasteiger partial charge is 0.192 e. The number of aromatic nitrogens is 2. The molecule has 0 amide bonds. The summed E-state index contributed by atoms with van der Waals surface area (Å²) in [6, 6.07) is 8.47. The lowest BCUT2D eigenvalue weighted by molar-refractivity contribution is 0.318. The standard InChI is InChI=1S/C15H17N5O/c16-14(19-21)13-15(18-8-7-17-13)20-9-5-11-3-1-2-4-12(11)6-10-20/h1-4,7-8,21H,5-6,9-10H2,(H2,16,19). The second kappa shape index (κ2) is 5.78. The number of oxime groups is 1. The molecule has 0 saturated heterocycles. The molecule has 1 aliphatic rings. The van der Waals surface area contributed by atoms with Gasteiger partial charge in [-0.25, -0.2) is 9.97 Å². The summed E-state index contributed by atoms with van der Waals surface area (Å²) in [5, 5.41) is 11.9. The Balaban J connectivity index is 1.90. The molecule has 6 nitrogen and oxygen atoms in total. The predicted octanol–water partition coefficient (Wildman–Crippen LogP) is 1.18. The summed E-state index contributed by atoms with van der Waals surface area (Å²) in [6.45, 7) is 1.67. The van der Waals surface area contributed by atoms with Crippen LogP contribution >= 0.6 is 0 Å². The van der Waals surface area contributed by atoms with Crippen molar-refractivity contribution in [2.45, 2.75) is 12.8 Å². The van der Waals surface area contributed by atoms with Crippen LogP contribution in [-0.2, 0) is 12.8 Å². The fraction of sp³-hybridized carbons (Fsp3) is 0.267. The molecular formula is C15H17N5O. The molecule has 0 unspecified atom stereocenters. The molecule has 0 bridgehead atoms. The van der Waals surface area contributed by atoms with Crippen LogP contribution in [-0.4, -0.2) is 34.1 Å². The molecule has 3 rings (SSSR count). The van der Waals surface area contributed by atoms with Gasteiger partial charge in [0, 0.05) is 25.5 Å². The number of nitrogens with zero attached hydrogens (tertiary/aromatic N) is 4. The maximum Gasteiger partial charge on any atom is 0.192 e. The number of anilines is 1. The Kier molecular flexibility index (Phi) is 3.68. The highest BCUT2D eigenvalue weighted by Gasteiger charge is 2.19. The lowest BCUT2D eigenvalue weighted by Crippen LogP contribution is -2.30. The van der Waals surface area contributed by atoms with Crippen molar-refractivity contribution in [3.8, 4) is 0 Å². The van der Waals surface area contributed by atoms with E-state index in [-0.39, 0.29) is 5.84 Å². The van der Waals surface area contributed by atoms with E-state index in [2.05, 4.69) is 44.3 Å². The first-order valence-corrected chi connectivity index (χ1v) is 6.90. The average Bonchev–Trinajstić information content (AvgIpc) is 2.77. The molecular weight excluding hydrogens is 266 g/mol. The lowest BCUT2D eigenvalue weighted by Gasteiger charge is -2.22. The van der Waals surface area contributed by atoms with Crippen LogP contribution in [0.1, 0.15) is 16.8 Å². The summed E-state index contributed by atoms with van der Waals surface area (Å²) in [7, 11) is 0. The van der Waals surface area contributed by atoms with E-state index in [0.717, 1.165) is 25.9 Å². The Hall–Kier alpha value is -2.63. The van der Waals surface area contributed by atoms with Gasteiger partial charge < -0.3 is 15.8 Å². The Morgan fingerprint density at radius 2 is 1.71 bits per heavy atom. The molecule has 0 aliphatic carbocycles. The maximum absolute atomic E-state index is 8.89. The summed E-state index contributed by atoms with van der Waals surface area (Å²) in [4.78, 5) is 10.7. The molecule has 0 spiro atoms. The summed E-state index contributed by atoms with van der Waals surface area (Å²) in [5.41, 5.74) is 8.86. The highest BCUT2D eigenvalue weighted by Crippen LogP contribution is 2.21. The van der Waals surface area contributed by atoms with Crippen molar-refractivity contribution in [1.29, 1.82) is 0 Å². The highest BCUT2D eigenvalue weighted by atomic mass is 16.4. The number of rotatable bonds is 2. The van der Waals surface area contributed by atoms with Crippen LogP contribution in [0, 0.1) is 0 Å². The summed E-state index contributed by atoms with van der Waals surface area (Å²) in [6.07, 6.45) is 5.07. The van der Waals surface area contributed by atoms with Gasteiger partial charge in [0.25, 0.3) is 0 Å². The van der Waals surface area contributed by atoms with E-state index in [1.165, 1.54) is 11.1 Å². The van der Waals surface area contributed by atoms with Crippen LogP contribution in [0.3, 0.4) is 0 Å². The molecule has 108 valence electrons. The van der Waals surface area contributed by atoms with Crippen molar-refractivity contribution in [1.82, 2.24) is 9.97 Å². The molecule has 6 heteroatoms. The maximum atomic E-state index is 8.89. The van der Waals surface area contributed by atoms with E-state index in [1.807, 2.05) is 0 Å². The fourth-order valence-electron chi connectivity index (χ4n) is 2.67. The van der Waals surface area contributed by atoms with E-state index >= 15 is 0 Å². The van der Waals surface area contributed by atoms with Crippen LogP contribution in [0.5, 0.6) is 0 Å². The Morgan fingerprint density at radius 3 is 2.33 bits per heavy atom. The van der Waals surface area contributed by atoms with Crippen LogP contribution < -0.4 is 10.6 Å². The normalized spacial score (nSPS) is 15.4. The molecule has 0 saturated carbocycles. The quantitative estimate of drug-likeness (QED) is 0.374. The fourth-order valence-corrected chi connectivity index (χ4v) is 2.67. The van der Waals surface area contributed by atoms with Crippen molar-refractivity contribution in [3.63, 3.8) is 0 Å². The van der Waals surface area contributed by atoms with Crippen LogP contribution in [0.15, 0.2) is 41.8 Å². The topological polar surface area (TPSA) is 87.6 Å². The zero-order valence-electron chi connectivity index (χ0n) is 11.6. The largest absolute Gasteiger partial charge is 0.409 e. The zero-order valence-corrected chi connectivity index (χ0v) is 11.6. The van der Waals surface area contributed by atoms with Crippen LogP contribution in [0.4, 0.5) is 5.82 Å². The van der Waals surface area contributed by atoms with Gasteiger partial charge in [-0.05, 0) is 24.0 Å². The van der Waals surface area contributed by atoms with Gasteiger partial charge in [0.2, 0.25) is 0 Å². The molecule has 3 N–H and O–H groups in total. The van der Waals surface area contributed by atoms with Gasteiger partial charge in [-0.2, -0.15) is 0 Å². The van der Waals surface area contributed by atoms with Crippen molar-refractivity contribution in [3.05, 3.63) is 53.5 Å². The summed E-state index contributed by atoms with van der Waals surface area (Å²) in [5.74, 6) is 0.653. The minimum Gasteiger partial charge on any atom is -0.409 e. The van der Waals surface area contributed by atoms with Gasteiger partial charge in [-0.3, -0.25) is 0 Å². The third-order valence-electron chi connectivity index (χ3n) is 3.75. The Morgan fingerprint density at radius 1 is 1.10 bits per heavy atom. The molecule has 1 aliphatic heterocycles. The first kappa shape index (κ1) is 13.4. The van der Waals surface area contributed by atoms with Crippen LogP contribution in [0.25, 0.3) is 0 Å². The van der Waals surface area contributed by atoms with Crippen molar-refractivity contribution < 1.29 is 5.21 Å². The highest BCUT2D eigenvalue weighted by molar-refractivity contribution is 5.99. The molecule has 1 aromatic heterocycles. The van der Waals surface area contributed by atoms with Crippen molar-refractivity contribution >= 4 is 11.7 Å². The SMILES string of the molecule is NC(=NO)c1nccnc1N1CCc2ccccc2CC1. The number of benzene rings is 1. The number of amidine groups is 1. The Bertz CT molecular complexity index is 644. The van der Waals surface area contributed by atoms with Gasteiger partial charge in [-0.15, -0.1) is 0 Å². The van der Waals surface area contributed by atoms with E-state index in [1.54, 1.807) is 12.4 Å². The lowest BCUT2D eigenvalue weighted by atomic mass is 10.0. The zero-order chi connectivity index (χ0) is 14.7. The van der Waals surface area contributed by atoms with Crippen molar-refractivity contribution in [2.24, 2.45) is 10.9 Å². The second-order valence-electron chi connectivity index (χ2n) is 4.97. The van der Waals surface area contributed by atoms with E-state index in [9.17, 15) is 0 Å². The summed E-state index contributed by atoms with van der Waals surface area (Å²) < 4.78 is 0. The number of nitrogens with two attached hydrogens (primary N) is 1. The predicted molar refractivity (Wildman–Crippen MR) is 80.6 cm³/mol. The molecule has 0 fully saturated rings. The monoisotopic (exact) mass is 283 g/mol. The third kappa shape index (κ3) is 2.65. The van der Waals surface area contributed by atoms with Crippen LogP contribution in [0.2, 0.25) is 0 Å². The molecule has 0 atom stereocenters. The summed E-state index contributed by atoms with van der Waals surface area (Å²) >= 11 is 0. The van der Waals surface area contributed by atoms with Gasteiger partial charge in [0.1, 0.15) is 0 Å². The number of hydrogen-bond acceptors (Lipinski definition) is 5. The Labute approximate surface area is 122 Å². The minimum atomic E-state index is -0.0140. The van der Waals surface area contributed by atoms with E-state index in [4.69, 9.17) is 10.9 Å². The van der Waals surface area contributed by atoms with Gasteiger partial charge in [0.05, 0.1) is 0 Å². The van der Waals surface area contributed by atoms with E-state index < -0.39 is 0 Å². The average molecular weight is 283 g/mol. The van der Waals surface area contributed by atoms with E-state index in [0.29, 0.717) is 11.5 Å². The first-order valence-electron chi connectivity index (χ1n) is 6.90. The molecule has 2 aromatic rings. The number of hydrogen-bond donors (Lipinski definition) is 2. The van der Waals surface area contributed by atoms with Gasteiger partial charge in [0.15, 0.2) is 17.3 Å². The second-order valence-corrected chi connectivity index (χ2v) is 4.97. The molecule has 2 heterocycles. The first-order chi connectivity index (χ1) is 10.3.